The number of carbonyl (C=O) groups is 3. The van der Waals surface area contributed by atoms with Crippen molar-refractivity contribution in [1.82, 2.24) is 29.4 Å². The van der Waals surface area contributed by atoms with Gasteiger partial charge in [-0.3, -0.25) is 19.4 Å². The quantitative estimate of drug-likeness (QED) is 0.0542. The number of aliphatic hydroxyl groups excluding tert-OH is 1. The van der Waals surface area contributed by atoms with Crippen LogP contribution in [0.1, 0.15) is 77.3 Å². The van der Waals surface area contributed by atoms with Gasteiger partial charge in [0.05, 0.1) is 49.7 Å². The van der Waals surface area contributed by atoms with E-state index in [-0.39, 0.29) is 28.4 Å². The van der Waals surface area contributed by atoms with Gasteiger partial charge in [0, 0.05) is 143 Å². The molecule has 3 heterocycles. The second-order valence-electron chi connectivity index (χ2n) is 27.1. The number of halogens is 5. The second-order valence-corrected chi connectivity index (χ2v) is 31.7. The maximum atomic E-state index is 13.0. The standard InChI is InChI=1S/C21H19ClN2O2.C19H22ClNO4S.C17H15ClN2OS.C17H18ClNO2.C17H18FNO2/c1-26-14-18-3-2-17(12-20(18)16-4-6-19(22)7-5-16)21(25)24-13-15-8-10-23-11-9-15;1-25-13-15-12-18(26(23,24)21-10-8-17(22)9-11-21)6-7-19(15)14-2-4-16(20)5-3-14;1-21-9-13-8-12(16-10-22-17(19)20-16)4-7-15(13)11-2-5-14(18)6-3-11;1-19(2)17(20)13-4-5-14(11-21-3)16(10-13)12-6-8-15(18)9-7-12;1-19(2)17(20)13-6-9-16(14(10-13)11-21-3)12-4-7-15(18)8-5-12/h2-12H,13-14H2,1H3,(H,24,25);2-7,12,17,22H,8-11,13H2,1H3;2-8,10H,9H2,1H3,(H2,19,20);2*4-10H,11H2,1-3H3. The van der Waals surface area contributed by atoms with E-state index in [1.54, 1.807) is 123 Å². The van der Waals surface area contributed by atoms with Gasteiger partial charge in [0.25, 0.3) is 17.7 Å². The fraction of sp³-hybridized carbons (Fsp3) is 0.220. The molecule has 116 heavy (non-hydrogen) atoms. The van der Waals surface area contributed by atoms with Gasteiger partial charge in [0.1, 0.15) is 5.82 Å². The molecule has 0 atom stereocenters. The molecule has 0 aliphatic carbocycles. The molecule has 10 aromatic carbocycles. The van der Waals surface area contributed by atoms with Gasteiger partial charge in [-0.25, -0.2) is 17.8 Å². The van der Waals surface area contributed by atoms with Crippen LogP contribution in [0.2, 0.25) is 20.1 Å². The fourth-order valence-corrected chi connectivity index (χ4v) is 15.1. The number of benzene rings is 10. The number of nitrogens with one attached hydrogen (secondary N) is 1. The highest BCUT2D eigenvalue weighted by Crippen LogP contribution is 2.35. The van der Waals surface area contributed by atoms with Crippen LogP contribution in [0.3, 0.4) is 0 Å². The summed E-state index contributed by atoms with van der Waals surface area (Å²) >= 11 is 25.3. The van der Waals surface area contributed by atoms with Crippen molar-refractivity contribution < 1.29 is 56.0 Å². The number of thiazole rings is 1. The molecule has 604 valence electrons. The smallest absolute Gasteiger partial charge is 0.253 e. The van der Waals surface area contributed by atoms with Gasteiger partial charge in [-0.1, -0.05) is 143 Å². The number of pyridine rings is 1. The number of nitrogens with zero attached hydrogens (tertiary/aromatic N) is 5. The Kier molecular flexibility index (Phi) is 34.3. The monoisotopic (exact) mass is 1680 g/mol. The molecule has 1 fully saturated rings. The predicted octanol–water partition coefficient (Wildman–Crippen LogP) is 19.8. The van der Waals surface area contributed by atoms with Gasteiger partial charge in [-0.15, -0.1) is 11.3 Å². The van der Waals surface area contributed by atoms with E-state index in [0.717, 1.165) is 105 Å². The first-order chi connectivity index (χ1) is 55.8. The topological polar surface area (TPSA) is 225 Å². The zero-order chi connectivity index (χ0) is 83.4. The van der Waals surface area contributed by atoms with E-state index < -0.39 is 16.1 Å². The molecule has 13 rings (SSSR count). The van der Waals surface area contributed by atoms with Crippen molar-refractivity contribution in [3.63, 3.8) is 0 Å². The Balaban J connectivity index is 0.000000166. The third-order valence-electron chi connectivity index (χ3n) is 18.4. The van der Waals surface area contributed by atoms with E-state index in [2.05, 4.69) is 33.5 Å². The lowest BCUT2D eigenvalue weighted by Crippen LogP contribution is -2.40. The van der Waals surface area contributed by atoms with Gasteiger partial charge in [-0.05, 0) is 229 Å². The van der Waals surface area contributed by atoms with Gasteiger partial charge in [0.2, 0.25) is 10.0 Å². The number of aliphatic hydroxyl groups is 1. The predicted molar refractivity (Wildman–Crippen MR) is 464 cm³/mol. The summed E-state index contributed by atoms with van der Waals surface area (Å²) in [5, 5.41) is 17.8. The molecule has 1 aliphatic rings. The maximum Gasteiger partial charge on any atom is 0.253 e. The number of ether oxygens (including phenoxy) is 5. The summed E-state index contributed by atoms with van der Waals surface area (Å²) in [5.74, 6) is -0.473. The average Bonchev–Trinajstić information content (AvgIpc) is 0.938. The number of aromatic nitrogens is 2. The molecule has 0 spiro atoms. The summed E-state index contributed by atoms with van der Waals surface area (Å²) < 4.78 is 66.7. The number of nitrogen functional groups attached to an aromatic ring is 1. The lowest BCUT2D eigenvalue weighted by atomic mass is 9.97. The highest BCUT2D eigenvalue weighted by molar-refractivity contribution is 7.89. The zero-order valence-corrected chi connectivity index (χ0v) is 70.4. The Labute approximate surface area is 702 Å². The third-order valence-corrected chi connectivity index (χ3v) is 22.0. The first kappa shape index (κ1) is 89.9. The van der Waals surface area contributed by atoms with Crippen molar-refractivity contribution in [3.05, 3.63) is 318 Å². The average molecular weight is 1680 g/mol. The number of hydrogen-bond donors (Lipinski definition) is 3. The van der Waals surface area contributed by atoms with Crippen LogP contribution < -0.4 is 11.1 Å². The third kappa shape index (κ3) is 25.5. The first-order valence-corrected chi connectivity index (χ1v) is 40.5. The second kappa shape index (κ2) is 44.3. The summed E-state index contributed by atoms with van der Waals surface area (Å²) in [4.78, 5) is 48.4. The summed E-state index contributed by atoms with van der Waals surface area (Å²) in [6.07, 6.45) is 3.93. The lowest BCUT2D eigenvalue weighted by molar-refractivity contribution is 0.0820. The number of amides is 3. The van der Waals surface area contributed by atoms with Crippen molar-refractivity contribution in [2.75, 3.05) is 82.6 Å². The van der Waals surface area contributed by atoms with Crippen LogP contribution in [0, 0.1) is 5.82 Å². The van der Waals surface area contributed by atoms with E-state index in [1.807, 2.05) is 157 Å². The van der Waals surface area contributed by atoms with Crippen LogP contribution in [-0.4, -0.2) is 138 Å². The molecule has 18 nitrogen and oxygen atoms in total. The van der Waals surface area contributed by atoms with Crippen molar-refractivity contribution in [2.24, 2.45) is 0 Å². The van der Waals surface area contributed by atoms with Crippen LogP contribution in [0.25, 0.3) is 66.9 Å². The molecule has 4 N–H and O–H groups in total. The first-order valence-electron chi connectivity index (χ1n) is 36.7. The van der Waals surface area contributed by atoms with Crippen molar-refractivity contribution >= 4 is 90.6 Å². The normalized spacial score (nSPS) is 12.0. The van der Waals surface area contributed by atoms with Gasteiger partial charge in [-0.2, -0.15) is 4.31 Å². The van der Waals surface area contributed by atoms with E-state index in [4.69, 9.17) is 75.8 Å². The van der Waals surface area contributed by atoms with Gasteiger partial charge < -0.3 is 49.6 Å². The molecule has 3 amide bonds. The largest absolute Gasteiger partial charge is 0.393 e. The number of anilines is 1. The molecule has 0 bridgehead atoms. The molecule has 0 radical (unpaired) electrons. The molecule has 1 aliphatic heterocycles. The van der Waals surface area contributed by atoms with Crippen LogP contribution in [0.4, 0.5) is 9.52 Å². The van der Waals surface area contributed by atoms with Crippen molar-refractivity contribution in [1.29, 1.82) is 0 Å². The Hall–Kier alpha value is -10.1. The van der Waals surface area contributed by atoms with Crippen molar-refractivity contribution in [2.45, 2.75) is 63.4 Å². The molecule has 12 aromatic rings. The molecular formula is C91H92Cl4FN7O11S2. The number of rotatable bonds is 23. The lowest BCUT2D eigenvalue weighted by Gasteiger charge is -2.29. The van der Waals surface area contributed by atoms with Crippen LogP contribution in [0.15, 0.2) is 247 Å². The van der Waals surface area contributed by atoms with E-state index in [1.165, 1.54) is 32.7 Å². The highest BCUT2D eigenvalue weighted by atomic mass is 35.5. The maximum absolute atomic E-state index is 13.0. The minimum atomic E-state index is -3.59. The highest BCUT2D eigenvalue weighted by Gasteiger charge is 2.30. The Morgan fingerprint density at radius 1 is 0.483 bits per heavy atom. The number of carbonyl (C=O) groups excluding carboxylic acids is 3. The molecule has 1 saturated heterocycles. The van der Waals surface area contributed by atoms with Crippen molar-refractivity contribution in [3.8, 4) is 66.9 Å². The summed E-state index contributed by atoms with van der Waals surface area (Å²) in [7, 11) is 11.5. The Morgan fingerprint density at radius 2 is 0.853 bits per heavy atom. The number of hydrogen-bond acceptors (Lipinski definition) is 15. The summed E-state index contributed by atoms with van der Waals surface area (Å²) in [6, 6.07) is 68.5. The summed E-state index contributed by atoms with van der Waals surface area (Å²) in [6.45, 7) is 3.32. The minimum Gasteiger partial charge on any atom is -0.393 e. The van der Waals surface area contributed by atoms with Crippen LogP contribution in [0.5, 0.6) is 0 Å². The van der Waals surface area contributed by atoms with Crippen LogP contribution in [-0.2, 0) is 73.3 Å². The van der Waals surface area contributed by atoms with E-state index >= 15 is 0 Å². The molecule has 0 unspecified atom stereocenters. The number of piperidine rings is 1. The molecule has 0 saturated carbocycles. The van der Waals surface area contributed by atoms with Crippen LogP contribution >= 0.6 is 57.7 Å². The van der Waals surface area contributed by atoms with E-state index in [9.17, 15) is 32.3 Å². The Morgan fingerprint density at radius 3 is 1.29 bits per heavy atom. The zero-order valence-electron chi connectivity index (χ0n) is 65.8. The number of methoxy groups -OCH3 is 5. The fourth-order valence-electron chi connectivity index (χ4n) is 12.5. The van der Waals surface area contributed by atoms with Gasteiger partial charge >= 0.3 is 0 Å². The molecule has 2 aromatic heterocycles. The number of sulfonamides is 1. The molecular weight excluding hydrogens is 1590 g/mol. The SMILES string of the molecule is COCc1cc(-c2csc(N)n2)ccc1-c1ccc(Cl)cc1.COCc1cc(C(=O)N(C)C)ccc1-c1ccc(F)cc1.COCc1cc(S(=O)(=O)N2CCC(O)CC2)ccc1-c1ccc(Cl)cc1.COCc1ccc(C(=O)N(C)C)cc1-c1ccc(Cl)cc1.COCc1ccc(C(=O)NCc2ccncc2)cc1-c1ccc(Cl)cc1. The molecule has 25 heteroatoms. The summed E-state index contributed by atoms with van der Waals surface area (Å²) in [5.41, 5.74) is 25.3. The van der Waals surface area contributed by atoms with E-state index in [0.29, 0.717) is 102 Å². The minimum absolute atomic E-state index is 0.0193. The number of nitrogens with two attached hydrogens (primary N) is 1. The van der Waals surface area contributed by atoms with Gasteiger partial charge in [0.15, 0.2) is 5.13 Å². The Bertz CT molecular complexity index is 5340.